The van der Waals surface area contributed by atoms with Crippen molar-refractivity contribution >= 4 is 43.7 Å². The number of methoxy groups -OCH3 is 3. The van der Waals surface area contributed by atoms with Gasteiger partial charge in [-0.3, -0.25) is 10.0 Å². The molecule has 3 N–H and O–H groups in total. The van der Waals surface area contributed by atoms with Crippen LogP contribution in [0.3, 0.4) is 0 Å². The van der Waals surface area contributed by atoms with Crippen LogP contribution in [0.5, 0.6) is 11.8 Å². The van der Waals surface area contributed by atoms with Crippen LogP contribution in [0.1, 0.15) is 15.9 Å². The van der Waals surface area contributed by atoms with Crippen molar-refractivity contribution in [3.05, 3.63) is 29.3 Å². The van der Waals surface area contributed by atoms with Gasteiger partial charge in [0.2, 0.25) is 27.7 Å². The summed E-state index contributed by atoms with van der Waals surface area (Å²) in [6, 6.07) is 2.44. The molecule has 2 rings (SSSR count). The van der Waals surface area contributed by atoms with Crippen molar-refractivity contribution in [3.63, 3.8) is 0 Å². The lowest BCUT2D eigenvalue weighted by molar-refractivity contribution is 0.0596. The highest BCUT2D eigenvalue weighted by atomic mass is 32.2. The molecule has 16 heteroatoms. The van der Waals surface area contributed by atoms with E-state index in [9.17, 15) is 26.4 Å². The van der Waals surface area contributed by atoms with Crippen LogP contribution in [0, 0.1) is 6.92 Å². The minimum absolute atomic E-state index is 0.0197. The van der Waals surface area contributed by atoms with Crippen molar-refractivity contribution in [3.8, 4) is 11.8 Å². The normalized spacial score (nSPS) is 11.3. The van der Waals surface area contributed by atoms with Crippen LogP contribution in [0.4, 0.5) is 16.4 Å². The van der Waals surface area contributed by atoms with Gasteiger partial charge in [0, 0.05) is 0 Å². The first-order chi connectivity index (χ1) is 15.3. The van der Waals surface area contributed by atoms with Gasteiger partial charge in [0.05, 0.1) is 44.9 Å². The molecule has 0 aliphatic carbocycles. The molecule has 1 aromatic carbocycles. The molecule has 180 valence electrons. The van der Waals surface area contributed by atoms with Gasteiger partial charge in [0.15, 0.2) is 0 Å². The number of carbonyl (C=O) groups excluding carboxylic acids is 2. The average molecular weight is 504 g/mol. The minimum Gasteiger partial charge on any atom is -0.481 e. The molecule has 0 saturated heterocycles. The van der Waals surface area contributed by atoms with Crippen LogP contribution in [0.15, 0.2) is 23.1 Å². The number of hydrogen-bond acceptors (Lipinski definition) is 11. The van der Waals surface area contributed by atoms with Crippen molar-refractivity contribution in [2.45, 2.75) is 11.8 Å². The number of hydrogen-bond donors (Lipinski definition) is 3. The fourth-order valence-electron chi connectivity index (χ4n) is 2.51. The average Bonchev–Trinajstić information content (AvgIpc) is 2.72. The van der Waals surface area contributed by atoms with Crippen molar-refractivity contribution in [1.29, 1.82) is 0 Å². The van der Waals surface area contributed by atoms with E-state index in [4.69, 9.17) is 9.47 Å². The Morgan fingerprint density at radius 2 is 1.55 bits per heavy atom. The molecule has 0 radical (unpaired) electrons. The number of sulfonamides is 2. The molecule has 1 heterocycles. The van der Waals surface area contributed by atoms with Gasteiger partial charge in [-0.25, -0.2) is 31.1 Å². The number of nitrogens with zero attached hydrogens (tertiary/aromatic N) is 2. The van der Waals surface area contributed by atoms with Gasteiger partial charge in [-0.2, -0.15) is 9.97 Å². The Kier molecular flexibility index (Phi) is 7.65. The van der Waals surface area contributed by atoms with Gasteiger partial charge in [-0.1, -0.05) is 6.07 Å². The number of amides is 2. The molecule has 2 amide bonds. The highest BCUT2D eigenvalue weighted by Gasteiger charge is 2.31. The maximum Gasteiger partial charge on any atom is 0.339 e. The molecule has 33 heavy (non-hydrogen) atoms. The van der Waals surface area contributed by atoms with Crippen LogP contribution in [0.2, 0.25) is 0 Å². The molecule has 0 atom stereocenters. The molecule has 1 aromatic heterocycles. The number of aryl methyl sites for hydroxylation is 1. The largest absolute Gasteiger partial charge is 0.481 e. The third-order valence-electron chi connectivity index (χ3n) is 3.88. The third kappa shape index (κ3) is 6.42. The van der Waals surface area contributed by atoms with E-state index in [1.54, 1.807) is 4.72 Å². The lowest BCUT2D eigenvalue weighted by Crippen LogP contribution is -2.36. The van der Waals surface area contributed by atoms with E-state index in [0.717, 1.165) is 19.4 Å². The zero-order valence-electron chi connectivity index (χ0n) is 18.1. The summed E-state index contributed by atoms with van der Waals surface area (Å²) in [6.07, 6.45) is 0.793. The second-order valence-electron chi connectivity index (χ2n) is 6.34. The molecule has 0 aliphatic rings. The second-order valence-corrected chi connectivity index (χ2v) is 9.70. The van der Waals surface area contributed by atoms with E-state index in [1.807, 2.05) is 0 Å². The lowest BCUT2D eigenvalue weighted by atomic mass is 10.1. The fourth-order valence-corrected chi connectivity index (χ4v) is 4.53. The lowest BCUT2D eigenvalue weighted by Gasteiger charge is -2.17. The highest BCUT2D eigenvalue weighted by molar-refractivity contribution is 7.92. The first-order valence-corrected chi connectivity index (χ1v) is 12.2. The summed E-state index contributed by atoms with van der Waals surface area (Å²) in [6.45, 7) is 1.41. The van der Waals surface area contributed by atoms with Crippen molar-refractivity contribution in [2.75, 3.05) is 37.6 Å². The number of anilines is 2. The summed E-state index contributed by atoms with van der Waals surface area (Å²) < 4.78 is 68.0. The number of esters is 1. The number of carbonyl (C=O) groups is 2. The van der Waals surface area contributed by atoms with Gasteiger partial charge in [0.25, 0.3) is 10.0 Å². The summed E-state index contributed by atoms with van der Waals surface area (Å²) in [7, 11) is -5.18. The van der Waals surface area contributed by atoms with Crippen LogP contribution in [-0.4, -0.2) is 66.4 Å². The summed E-state index contributed by atoms with van der Waals surface area (Å²) in [5.74, 6) is -1.39. The quantitative estimate of drug-likeness (QED) is 0.424. The predicted octanol–water partition coefficient (Wildman–Crippen LogP) is 0.471. The predicted molar refractivity (Wildman–Crippen MR) is 115 cm³/mol. The topological polar surface area (TPSA) is 192 Å². The fraction of sp³-hybridized carbons (Fsp3) is 0.294. The van der Waals surface area contributed by atoms with Crippen molar-refractivity contribution < 1.29 is 40.6 Å². The Labute approximate surface area is 189 Å². The van der Waals surface area contributed by atoms with Crippen molar-refractivity contribution in [1.82, 2.24) is 14.7 Å². The molecule has 14 nitrogen and oxygen atoms in total. The van der Waals surface area contributed by atoms with E-state index in [-0.39, 0.29) is 23.3 Å². The maximum atomic E-state index is 13.1. The van der Waals surface area contributed by atoms with Gasteiger partial charge >= 0.3 is 12.0 Å². The minimum atomic E-state index is -4.83. The van der Waals surface area contributed by atoms with E-state index < -0.39 is 48.2 Å². The second kappa shape index (κ2) is 9.86. The third-order valence-corrected chi connectivity index (χ3v) is 5.87. The molecule has 2 aromatic rings. The van der Waals surface area contributed by atoms with Gasteiger partial charge in [0.1, 0.15) is 4.90 Å². The highest BCUT2D eigenvalue weighted by Crippen LogP contribution is 2.30. The first kappa shape index (κ1) is 25.6. The van der Waals surface area contributed by atoms with Crippen LogP contribution in [-0.2, 0) is 24.8 Å². The van der Waals surface area contributed by atoms with Crippen molar-refractivity contribution in [2.24, 2.45) is 0 Å². The number of urea groups is 1. The Morgan fingerprint density at radius 1 is 0.970 bits per heavy atom. The van der Waals surface area contributed by atoms with Crippen LogP contribution < -0.4 is 24.2 Å². The standard InChI is InChI=1S/C17H21N5O9S2/c1-9-6-7-10(15(23)31-4)14(13(9)21-32(5,25)26)33(27,28)22-17(24)20-16-18-11(29-2)8-12(19-16)30-3/h6-8,21H,1-5H3,(H2,18,19,20,22,24). The Hall–Kier alpha value is -3.66. The number of ether oxygens (including phenoxy) is 3. The van der Waals surface area contributed by atoms with Gasteiger partial charge in [-0.05, 0) is 18.6 Å². The SMILES string of the molecule is COC(=O)c1ccc(C)c(NS(C)(=O)=O)c1S(=O)(=O)NC(=O)Nc1nc(OC)cc(OC)n1. The molecule has 0 bridgehead atoms. The summed E-state index contributed by atoms with van der Waals surface area (Å²) in [5, 5.41) is 2.10. The molecular weight excluding hydrogens is 482 g/mol. The van der Waals surface area contributed by atoms with E-state index in [2.05, 4.69) is 24.7 Å². The van der Waals surface area contributed by atoms with Gasteiger partial charge < -0.3 is 14.2 Å². The molecule has 0 aliphatic heterocycles. The van der Waals surface area contributed by atoms with Crippen LogP contribution >= 0.6 is 0 Å². The first-order valence-electron chi connectivity index (χ1n) is 8.82. The summed E-state index contributed by atoms with van der Waals surface area (Å²) in [5.41, 5.74) is -0.774. The number of rotatable bonds is 8. The van der Waals surface area contributed by atoms with Gasteiger partial charge in [-0.15, -0.1) is 0 Å². The maximum absolute atomic E-state index is 13.1. The summed E-state index contributed by atoms with van der Waals surface area (Å²) >= 11 is 0. The molecule has 0 saturated carbocycles. The summed E-state index contributed by atoms with van der Waals surface area (Å²) in [4.78, 5) is 31.5. The Balaban J connectivity index is 2.51. The molecule has 0 spiro atoms. The number of benzene rings is 1. The zero-order chi connectivity index (χ0) is 25.0. The molecule has 0 fully saturated rings. The van der Waals surface area contributed by atoms with Crippen LogP contribution in [0.25, 0.3) is 0 Å². The Morgan fingerprint density at radius 3 is 2.03 bits per heavy atom. The number of aromatic nitrogens is 2. The zero-order valence-corrected chi connectivity index (χ0v) is 19.8. The van der Waals surface area contributed by atoms with E-state index in [0.29, 0.717) is 0 Å². The van der Waals surface area contributed by atoms with E-state index >= 15 is 0 Å². The van der Waals surface area contributed by atoms with E-state index in [1.165, 1.54) is 33.3 Å². The molecular formula is C17H21N5O9S2. The number of nitrogens with one attached hydrogen (secondary N) is 3. The Bertz CT molecular complexity index is 1270. The smallest absolute Gasteiger partial charge is 0.339 e. The molecule has 0 unspecified atom stereocenters. The monoisotopic (exact) mass is 503 g/mol.